The van der Waals surface area contributed by atoms with Gasteiger partial charge in [0.05, 0.1) is 18.9 Å². The van der Waals surface area contributed by atoms with Gasteiger partial charge in [0.2, 0.25) is 0 Å². The highest BCUT2D eigenvalue weighted by molar-refractivity contribution is 7.54. The summed E-state index contributed by atoms with van der Waals surface area (Å²) in [4.78, 5) is 10.9. The smallest absolute Gasteiger partial charge is 0.308 e. The molecule has 0 aliphatic heterocycles. The predicted octanol–water partition coefficient (Wildman–Crippen LogP) is 5.13. The van der Waals surface area contributed by atoms with Crippen LogP contribution >= 0.6 is 7.60 Å². The van der Waals surface area contributed by atoms with Gasteiger partial charge in [0, 0.05) is 6.42 Å². The van der Waals surface area contributed by atoms with E-state index in [1.54, 1.807) is 13.8 Å². The number of benzene rings is 2. The Kier molecular flexibility index (Phi) is 6.52. The molecular weight excluding hydrogens is 311 g/mol. The molecule has 0 saturated carbocycles. The van der Waals surface area contributed by atoms with Crippen LogP contribution in [0.15, 0.2) is 42.5 Å². The second kappa shape index (κ2) is 8.39. The predicted molar refractivity (Wildman–Crippen MR) is 92.8 cm³/mol. The van der Waals surface area contributed by atoms with E-state index in [4.69, 9.17) is 9.05 Å². The first kappa shape index (κ1) is 17.9. The Morgan fingerprint density at radius 1 is 1.04 bits per heavy atom. The molecule has 0 unspecified atom stereocenters. The minimum absolute atomic E-state index is 0.305. The molecule has 0 aliphatic rings. The molecule has 4 nitrogen and oxygen atoms in total. The molecule has 5 heteroatoms. The average Bonchev–Trinajstić information content (AvgIpc) is 2.56. The molecular formula is C18H23O4P. The van der Waals surface area contributed by atoms with Crippen molar-refractivity contribution in [2.24, 2.45) is 0 Å². The van der Waals surface area contributed by atoms with E-state index < -0.39 is 13.3 Å². The van der Waals surface area contributed by atoms with E-state index in [2.05, 4.69) is 0 Å². The van der Waals surface area contributed by atoms with Crippen LogP contribution in [-0.4, -0.2) is 19.5 Å². The summed E-state index contributed by atoms with van der Waals surface area (Å²) in [6.07, 6.45) is 1.60. The molecule has 0 fully saturated rings. The van der Waals surface area contributed by atoms with Crippen LogP contribution in [0.1, 0.15) is 37.9 Å². The van der Waals surface area contributed by atoms with E-state index in [0.717, 1.165) is 22.6 Å². The highest BCUT2D eigenvalue weighted by Crippen LogP contribution is 2.63. The molecule has 124 valence electrons. The SMILES string of the molecule is CCOP(=O)(OCC)[C@H](CCC=O)c1cccc2ccccc12. The Balaban J connectivity index is 2.56. The van der Waals surface area contributed by atoms with Gasteiger partial charge >= 0.3 is 7.60 Å². The molecule has 2 rings (SSSR count). The van der Waals surface area contributed by atoms with Crippen LogP contribution in [-0.2, 0) is 18.4 Å². The van der Waals surface area contributed by atoms with Gasteiger partial charge in [-0.2, -0.15) is 0 Å². The lowest BCUT2D eigenvalue weighted by atomic mass is 10.00. The van der Waals surface area contributed by atoms with Gasteiger partial charge in [-0.1, -0.05) is 42.5 Å². The Hall–Kier alpha value is -1.48. The van der Waals surface area contributed by atoms with Gasteiger partial charge in [0.15, 0.2) is 0 Å². The minimum atomic E-state index is -3.34. The lowest BCUT2D eigenvalue weighted by molar-refractivity contribution is -0.107. The van der Waals surface area contributed by atoms with Crippen LogP contribution in [0.3, 0.4) is 0 Å². The molecule has 23 heavy (non-hydrogen) atoms. The van der Waals surface area contributed by atoms with Crippen LogP contribution in [0.4, 0.5) is 0 Å². The van der Waals surface area contributed by atoms with Crippen molar-refractivity contribution in [1.82, 2.24) is 0 Å². The third kappa shape index (κ3) is 4.08. The van der Waals surface area contributed by atoms with E-state index in [-0.39, 0.29) is 0 Å². The Labute approximate surface area is 137 Å². The second-order valence-corrected chi connectivity index (χ2v) is 7.42. The largest absolute Gasteiger partial charge is 0.338 e. The molecule has 2 aromatic carbocycles. The Morgan fingerprint density at radius 3 is 2.35 bits per heavy atom. The number of hydrogen-bond acceptors (Lipinski definition) is 4. The summed E-state index contributed by atoms with van der Waals surface area (Å²) in [5, 5.41) is 2.09. The monoisotopic (exact) mass is 334 g/mol. The maximum atomic E-state index is 13.3. The number of hydrogen-bond donors (Lipinski definition) is 0. The molecule has 0 aliphatic carbocycles. The number of fused-ring (bicyclic) bond motifs is 1. The Bertz CT molecular complexity index is 683. The Morgan fingerprint density at radius 2 is 1.70 bits per heavy atom. The highest BCUT2D eigenvalue weighted by atomic mass is 31.2. The summed E-state index contributed by atoms with van der Waals surface area (Å²) in [7, 11) is -3.34. The van der Waals surface area contributed by atoms with Crippen LogP contribution < -0.4 is 0 Å². The second-order valence-electron chi connectivity index (χ2n) is 5.20. The standard InChI is InChI=1S/C18H23O4P/c1-3-21-23(20,22-4-2)18(13-8-14-19)17-12-7-10-15-9-5-6-11-16(15)17/h5-7,9-12,14,18H,3-4,8,13H2,1-2H3/t18-/m1/s1. The van der Waals surface area contributed by atoms with Gasteiger partial charge in [-0.25, -0.2) is 0 Å². The van der Waals surface area contributed by atoms with E-state index in [9.17, 15) is 9.36 Å². The van der Waals surface area contributed by atoms with Crippen molar-refractivity contribution in [1.29, 1.82) is 0 Å². The zero-order valence-corrected chi connectivity index (χ0v) is 14.5. The third-order valence-corrected chi connectivity index (χ3v) is 6.28. The minimum Gasteiger partial charge on any atom is -0.308 e. The normalized spacial score (nSPS) is 13.1. The van der Waals surface area contributed by atoms with E-state index >= 15 is 0 Å². The van der Waals surface area contributed by atoms with Crippen LogP contribution in [0, 0.1) is 0 Å². The summed E-state index contributed by atoms with van der Waals surface area (Å²) >= 11 is 0. The molecule has 0 heterocycles. The van der Waals surface area contributed by atoms with Crippen LogP contribution in [0.2, 0.25) is 0 Å². The van der Waals surface area contributed by atoms with Crippen LogP contribution in [0.5, 0.6) is 0 Å². The summed E-state index contributed by atoms with van der Waals surface area (Å²) in [6.45, 7) is 4.20. The summed E-state index contributed by atoms with van der Waals surface area (Å²) in [5.41, 5.74) is 0.467. The molecule has 1 atom stereocenters. The van der Waals surface area contributed by atoms with Gasteiger partial charge in [0.25, 0.3) is 0 Å². The van der Waals surface area contributed by atoms with Crippen molar-refractivity contribution in [3.05, 3.63) is 48.0 Å². The van der Waals surface area contributed by atoms with E-state index in [1.807, 2.05) is 42.5 Å². The molecule has 0 saturated heterocycles. The first-order chi connectivity index (χ1) is 11.2. The molecule has 0 N–H and O–H groups in total. The van der Waals surface area contributed by atoms with Gasteiger partial charge in [0.1, 0.15) is 6.29 Å². The summed E-state index contributed by atoms with van der Waals surface area (Å²) in [6, 6.07) is 13.8. The molecule has 0 bridgehead atoms. The fourth-order valence-electron chi connectivity index (χ4n) is 2.83. The zero-order chi connectivity index (χ0) is 16.7. The van der Waals surface area contributed by atoms with Crippen molar-refractivity contribution in [2.45, 2.75) is 32.3 Å². The first-order valence-electron chi connectivity index (χ1n) is 7.96. The summed E-state index contributed by atoms with van der Waals surface area (Å²) in [5.74, 6) is 0. The lowest BCUT2D eigenvalue weighted by Crippen LogP contribution is -2.08. The van der Waals surface area contributed by atoms with E-state index in [1.165, 1.54) is 0 Å². The van der Waals surface area contributed by atoms with Crippen molar-refractivity contribution < 1.29 is 18.4 Å². The van der Waals surface area contributed by atoms with Gasteiger partial charge in [-0.15, -0.1) is 0 Å². The molecule has 0 spiro atoms. The van der Waals surface area contributed by atoms with E-state index in [0.29, 0.717) is 26.1 Å². The fraction of sp³-hybridized carbons (Fsp3) is 0.389. The van der Waals surface area contributed by atoms with Crippen molar-refractivity contribution in [2.75, 3.05) is 13.2 Å². The quantitative estimate of drug-likeness (QED) is 0.471. The van der Waals surface area contributed by atoms with Crippen molar-refractivity contribution in [3.63, 3.8) is 0 Å². The molecule has 0 amide bonds. The van der Waals surface area contributed by atoms with Gasteiger partial charge in [-0.05, 0) is 36.6 Å². The number of carbonyl (C=O) groups excluding carboxylic acids is 1. The van der Waals surface area contributed by atoms with Crippen molar-refractivity contribution >= 4 is 24.7 Å². The summed E-state index contributed by atoms with van der Waals surface area (Å²) < 4.78 is 24.4. The topological polar surface area (TPSA) is 52.6 Å². The molecule has 2 aromatic rings. The maximum Gasteiger partial charge on any atom is 0.338 e. The zero-order valence-electron chi connectivity index (χ0n) is 13.6. The maximum absolute atomic E-state index is 13.3. The lowest BCUT2D eigenvalue weighted by Gasteiger charge is -2.27. The van der Waals surface area contributed by atoms with Crippen molar-refractivity contribution in [3.8, 4) is 0 Å². The number of aldehydes is 1. The number of carbonyl (C=O) groups is 1. The third-order valence-electron chi connectivity index (χ3n) is 3.74. The average molecular weight is 334 g/mol. The van der Waals surface area contributed by atoms with Gasteiger partial charge in [-0.3, -0.25) is 4.57 Å². The molecule has 0 radical (unpaired) electrons. The highest BCUT2D eigenvalue weighted by Gasteiger charge is 2.37. The first-order valence-corrected chi connectivity index (χ1v) is 9.57. The number of rotatable bonds is 9. The molecule has 0 aromatic heterocycles. The van der Waals surface area contributed by atoms with Crippen LogP contribution in [0.25, 0.3) is 10.8 Å². The van der Waals surface area contributed by atoms with Gasteiger partial charge < -0.3 is 13.8 Å². The fourth-order valence-corrected chi connectivity index (χ4v) is 5.01.